The standard InChI is InChI=1S/C11H13FN2O5S/c1-13(5-6-20(2,18)19)11(15)8-3-4-10(14(16)17)9(12)7-8/h3-4,7H,5-6H2,1-2H3. The molecule has 0 aliphatic rings. The minimum Gasteiger partial charge on any atom is -0.341 e. The van der Waals surface area contributed by atoms with Crippen LogP contribution in [0.2, 0.25) is 0 Å². The van der Waals surface area contributed by atoms with Gasteiger partial charge in [0.25, 0.3) is 5.91 Å². The van der Waals surface area contributed by atoms with Crippen LogP contribution in [-0.4, -0.2) is 49.7 Å². The van der Waals surface area contributed by atoms with Crippen LogP contribution in [0.4, 0.5) is 10.1 Å². The van der Waals surface area contributed by atoms with Gasteiger partial charge in [-0.15, -0.1) is 0 Å². The molecule has 0 spiro atoms. The molecule has 1 rings (SSSR count). The van der Waals surface area contributed by atoms with E-state index in [4.69, 9.17) is 0 Å². The van der Waals surface area contributed by atoms with Gasteiger partial charge in [-0.25, -0.2) is 8.42 Å². The summed E-state index contributed by atoms with van der Waals surface area (Å²) in [6.45, 7) is -0.0454. The summed E-state index contributed by atoms with van der Waals surface area (Å²) in [5.74, 6) is -1.94. The first-order valence-corrected chi connectivity index (χ1v) is 7.55. The first-order chi connectivity index (χ1) is 9.11. The van der Waals surface area contributed by atoms with Crippen molar-refractivity contribution < 1.29 is 22.5 Å². The second-order valence-electron chi connectivity index (χ2n) is 4.28. The van der Waals surface area contributed by atoms with E-state index in [2.05, 4.69) is 0 Å². The molecular weight excluding hydrogens is 291 g/mol. The summed E-state index contributed by atoms with van der Waals surface area (Å²) in [5, 5.41) is 10.5. The van der Waals surface area contributed by atoms with Gasteiger partial charge in [0.15, 0.2) is 0 Å². The van der Waals surface area contributed by atoms with Gasteiger partial charge in [0.05, 0.1) is 10.7 Å². The lowest BCUT2D eigenvalue weighted by Crippen LogP contribution is -2.31. The van der Waals surface area contributed by atoms with Crippen molar-refractivity contribution in [2.75, 3.05) is 25.6 Å². The summed E-state index contributed by atoms with van der Waals surface area (Å²) in [6.07, 6.45) is 1.04. The Hall–Kier alpha value is -2.03. The van der Waals surface area contributed by atoms with Crippen LogP contribution in [0.1, 0.15) is 10.4 Å². The average molecular weight is 304 g/mol. The highest BCUT2D eigenvalue weighted by Crippen LogP contribution is 2.18. The van der Waals surface area contributed by atoms with Crippen molar-refractivity contribution in [1.29, 1.82) is 0 Å². The Balaban J connectivity index is 2.87. The van der Waals surface area contributed by atoms with Gasteiger partial charge < -0.3 is 4.90 Å². The Kier molecular flexibility index (Phi) is 4.77. The highest BCUT2D eigenvalue weighted by Gasteiger charge is 2.19. The summed E-state index contributed by atoms with van der Waals surface area (Å²) < 4.78 is 35.4. The fourth-order valence-corrected chi connectivity index (χ4v) is 2.02. The number of benzene rings is 1. The summed E-state index contributed by atoms with van der Waals surface area (Å²) in [7, 11) is -1.85. The number of hydrogen-bond donors (Lipinski definition) is 0. The molecule has 1 aromatic carbocycles. The van der Waals surface area contributed by atoms with E-state index in [9.17, 15) is 27.7 Å². The minimum absolute atomic E-state index is 0.0454. The van der Waals surface area contributed by atoms with Crippen LogP contribution >= 0.6 is 0 Å². The van der Waals surface area contributed by atoms with Crippen molar-refractivity contribution in [1.82, 2.24) is 4.90 Å². The van der Waals surface area contributed by atoms with Gasteiger partial charge >= 0.3 is 5.69 Å². The Morgan fingerprint density at radius 1 is 1.45 bits per heavy atom. The fourth-order valence-electron chi connectivity index (χ4n) is 1.41. The third-order valence-electron chi connectivity index (χ3n) is 2.54. The highest BCUT2D eigenvalue weighted by atomic mass is 32.2. The maximum atomic E-state index is 13.4. The Morgan fingerprint density at radius 2 is 2.05 bits per heavy atom. The summed E-state index contributed by atoms with van der Waals surface area (Å²) >= 11 is 0. The van der Waals surface area contributed by atoms with Gasteiger partial charge in [-0.3, -0.25) is 14.9 Å². The van der Waals surface area contributed by atoms with Crippen LogP contribution in [0, 0.1) is 15.9 Å². The SMILES string of the molecule is CN(CCS(C)(=O)=O)C(=O)c1ccc([N+](=O)[O-])c(F)c1. The molecule has 1 aromatic rings. The summed E-state index contributed by atoms with van der Waals surface area (Å²) in [6, 6.07) is 2.78. The molecule has 1 amide bonds. The summed E-state index contributed by atoms with van der Waals surface area (Å²) in [5.41, 5.74) is -0.801. The highest BCUT2D eigenvalue weighted by molar-refractivity contribution is 7.90. The van der Waals surface area contributed by atoms with Crippen molar-refractivity contribution in [3.05, 3.63) is 39.7 Å². The zero-order chi connectivity index (χ0) is 15.5. The number of amides is 1. The topological polar surface area (TPSA) is 97.6 Å². The largest absolute Gasteiger partial charge is 0.341 e. The quantitative estimate of drug-likeness (QED) is 0.593. The monoisotopic (exact) mass is 304 g/mol. The molecule has 7 nitrogen and oxygen atoms in total. The van der Waals surface area contributed by atoms with E-state index >= 15 is 0 Å². The Morgan fingerprint density at radius 3 is 2.50 bits per heavy atom. The molecular formula is C11H13FN2O5S. The molecule has 0 fully saturated rings. The second kappa shape index (κ2) is 5.95. The number of sulfone groups is 1. The van der Waals surface area contributed by atoms with Crippen LogP contribution in [0.15, 0.2) is 18.2 Å². The molecule has 0 radical (unpaired) electrons. The maximum absolute atomic E-state index is 13.4. The van der Waals surface area contributed by atoms with Gasteiger partial charge in [-0.2, -0.15) is 4.39 Å². The molecule has 0 N–H and O–H groups in total. The second-order valence-corrected chi connectivity index (χ2v) is 6.54. The molecule has 0 saturated heterocycles. The van der Waals surface area contributed by atoms with E-state index in [0.29, 0.717) is 0 Å². The number of hydrogen-bond acceptors (Lipinski definition) is 5. The number of halogens is 1. The molecule has 0 aliphatic carbocycles. The lowest BCUT2D eigenvalue weighted by atomic mass is 10.2. The van der Waals surface area contributed by atoms with Crippen LogP contribution in [-0.2, 0) is 9.84 Å². The lowest BCUT2D eigenvalue weighted by molar-refractivity contribution is -0.387. The number of nitro benzene ring substituents is 1. The smallest absolute Gasteiger partial charge is 0.304 e. The fraction of sp³-hybridized carbons (Fsp3) is 0.364. The average Bonchev–Trinajstić information content (AvgIpc) is 2.33. The predicted molar refractivity (Wildman–Crippen MR) is 69.7 cm³/mol. The predicted octanol–water partition coefficient (Wildman–Crippen LogP) is 0.851. The summed E-state index contributed by atoms with van der Waals surface area (Å²) in [4.78, 5) is 22.6. The van der Waals surface area contributed by atoms with Crippen LogP contribution in [0.3, 0.4) is 0 Å². The van der Waals surface area contributed by atoms with Crippen molar-refractivity contribution in [2.45, 2.75) is 0 Å². The first kappa shape index (κ1) is 16.0. The van der Waals surface area contributed by atoms with Gasteiger partial charge in [0, 0.05) is 31.5 Å². The normalized spacial score (nSPS) is 11.2. The molecule has 0 atom stereocenters. The zero-order valence-electron chi connectivity index (χ0n) is 10.9. The number of nitrogens with zero attached hydrogens (tertiary/aromatic N) is 2. The molecule has 0 unspecified atom stereocenters. The molecule has 0 aromatic heterocycles. The molecule has 0 saturated carbocycles. The van der Waals surface area contributed by atoms with E-state index in [0.717, 1.165) is 29.4 Å². The van der Waals surface area contributed by atoms with E-state index in [1.807, 2.05) is 0 Å². The van der Waals surface area contributed by atoms with E-state index in [-0.39, 0.29) is 17.9 Å². The van der Waals surface area contributed by atoms with Crippen molar-refractivity contribution in [3.63, 3.8) is 0 Å². The zero-order valence-corrected chi connectivity index (χ0v) is 11.7. The lowest BCUT2D eigenvalue weighted by Gasteiger charge is -2.16. The van der Waals surface area contributed by atoms with Gasteiger partial charge in [0.1, 0.15) is 9.84 Å². The number of carbonyl (C=O) groups is 1. The molecule has 9 heteroatoms. The third-order valence-corrected chi connectivity index (χ3v) is 3.46. The van der Waals surface area contributed by atoms with Crippen LogP contribution in [0.5, 0.6) is 0 Å². The molecule has 0 aliphatic heterocycles. The molecule has 0 heterocycles. The number of rotatable bonds is 5. The number of carbonyl (C=O) groups excluding carboxylic acids is 1. The van der Waals surface area contributed by atoms with Crippen molar-refractivity contribution >= 4 is 21.4 Å². The number of nitro groups is 1. The third kappa shape index (κ3) is 4.26. The van der Waals surface area contributed by atoms with Crippen molar-refractivity contribution in [2.24, 2.45) is 0 Å². The van der Waals surface area contributed by atoms with Crippen molar-refractivity contribution in [3.8, 4) is 0 Å². The maximum Gasteiger partial charge on any atom is 0.304 e. The Bertz CT molecular complexity index is 644. The minimum atomic E-state index is -3.22. The molecule has 0 bridgehead atoms. The first-order valence-electron chi connectivity index (χ1n) is 5.49. The molecule has 110 valence electrons. The van der Waals surface area contributed by atoms with E-state index in [1.54, 1.807) is 0 Å². The van der Waals surface area contributed by atoms with Gasteiger partial charge in [-0.1, -0.05) is 0 Å². The Labute approximate surface area is 115 Å². The van der Waals surface area contributed by atoms with Gasteiger partial charge in [-0.05, 0) is 12.1 Å². The van der Waals surface area contributed by atoms with Crippen LogP contribution in [0.25, 0.3) is 0 Å². The van der Waals surface area contributed by atoms with E-state index < -0.39 is 32.2 Å². The van der Waals surface area contributed by atoms with E-state index in [1.165, 1.54) is 7.05 Å². The van der Waals surface area contributed by atoms with Gasteiger partial charge in [0.2, 0.25) is 5.82 Å². The van der Waals surface area contributed by atoms with Crippen LogP contribution < -0.4 is 0 Å². The molecule has 20 heavy (non-hydrogen) atoms.